The molecule has 0 aliphatic heterocycles. The molecule has 0 bridgehead atoms. The molecule has 1 aromatic carbocycles. The molecule has 0 spiro atoms. The number of hydrogen-bond acceptors (Lipinski definition) is 2. The van der Waals surface area contributed by atoms with Gasteiger partial charge in [0, 0.05) is 6.21 Å². The van der Waals surface area contributed by atoms with Gasteiger partial charge in [-0.2, -0.15) is 0 Å². The second-order valence-corrected chi connectivity index (χ2v) is 3.92. The van der Waals surface area contributed by atoms with Gasteiger partial charge in [-0.05, 0) is 12.2 Å². The van der Waals surface area contributed by atoms with Crippen LogP contribution >= 0.6 is 8.58 Å². The standard InChI is InChI=1S/C10H14NOP/c1-13-10(8-12)11-7-9-5-3-2-4-6-9/h2-7,10,12-13H,8H2,1H3/b11-7+/t10-/m0/s1. The monoisotopic (exact) mass is 195 g/mol. The number of rotatable bonds is 4. The van der Waals surface area contributed by atoms with Crippen molar-refractivity contribution in [2.24, 2.45) is 4.99 Å². The Kier molecular flexibility index (Phi) is 4.66. The Labute approximate surface area is 80.5 Å². The summed E-state index contributed by atoms with van der Waals surface area (Å²) in [6.07, 6.45) is 1.82. The van der Waals surface area contributed by atoms with Crippen molar-refractivity contribution in [2.75, 3.05) is 13.3 Å². The van der Waals surface area contributed by atoms with Crippen LogP contribution in [0.2, 0.25) is 0 Å². The number of aliphatic hydroxyl groups is 1. The summed E-state index contributed by atoms with van der Waals surface area (Å²) in [5, 5.41) is 8.90. The van der Waals surface area contributed by atoms with Gasteiger partial charge < -0.3 is 5.11 Å². The number of aliphatic hydroxyl groups excluding tert-OH is 1. The summed E-state index contributed by atoms with van der Waals surface area (Å²) in [7, 11) is 0.653. The fourth-order valence-electron chi connectivity index (χ4n) is 0.928. The van der Waals surface area contributed by atoms with Crippen molar-refractivity contribution in [3.8, 4) is 0 Å². The van der Waals surface area contributed by atoms with Crippen LogP contribution in [-0.2, 0) is 0 Å². The Balaban J connectivity index is 2.57. The van der Waals surface area contributed by atoms with Crippen LogP contribution in [0.5, 0.6) is 0 Å². The molecule has 3 heteroatoms. The van der Waals surface area contributed by atoms with Crippen LogP contribution in [0.15, 0.2) is 35.3 Å². The lowest BCUT2D eigenvalue weighted by Gasteiger charge is -2.03. The van der Waals surface area contributed by atoms with Crippen LogP contribution in [0, 0.1) is 0 Å². The second kappa shape index (κ2) is 5.85. The van der Waals surface area contributed by atoms with E-state index in [4.69, 9.17) is 5.11 Å². The molecule has 0 saturated heterocycles. The predicted molar refractivity (Wildman–Crippen MR) is 59.1 cm³/mol. The van der Waals surface area contributed by atoms with Gasteiger partial charge in [0.1, 0.15) is 0 Å². The van der Waals surface area contributed by atoms with Crippen LogP contribution in [0.25, 0.3) is 0 Å². The van der Waals surface area contributed by atoms with E-state index in [2.05, 4.69) is 4.99 Å². The third kappa shape index (κ3) is 3.67. The average molecular weight is 195 g/mol. The van der Waals surface area contributed by atoms with Gasteiger partial charge in [0.15, 0.2) is 0 Å². The van der Waals surface area contributed by atoms with Crippen molar-refractivity contribution in [3.63, 3.8) is 0 Å². The van der Waals surface area contributed by atoms with Gasteiger partial charge >= 0.3 is 0 Å². The minimum atomic E-state index is 0.0696. The molecule has 1 unspecified atom stereocenters. The van der Waals surface area contributed by atoms with Gasteiger partial charge in [0.05, 0.1) is 12.4 Å². The minimum Gasteiger partial charge on any atom is -0.394 e. The Morgan fingerprint density at radius 3 is 2.69 bits per heavy atom. The van der Waals surface area contributed by atoms with Gasteiger partial charge in [-0.3, -0.25) is 4.99 Å². The lowest BCUT2D eigenvalue weighted by Crippen LogP contribution is -2.02. The van der Waals surface area contributed by atoms with Crippen LogP contribution in [0.4, 0.5) is 0 Å². The molecule has 0 fully saturated rings. The SMILES string of the molecule is CP[C@@H](CO)/N=C/c1ccccc1. The minimum absolute atomic E-state index is 0.0696. The molecule has 13 heavy (non-hydrogen) atoms. The molecule has 0 aromatic heterocycles. The third-order valence-corrected chi connectivity index (χ3v) is 2.71. The van der Waals surface area contributed by atoms with Gasteiger partial charge in [-0.1, -0.05) is 38.9 Å². The van der Waals surface area contributed by atoms with Gasteiger partial charge in [0.2, 0.25) is 0 Å². The van der Waals surface area contributed by atoms with Gasteiger partial charge in [0.25, 0.3) is 0 Å². The topological polar surface area (TPSA) is 32.6 Å². The Hall–Kier alpha value is -0.720. The average Bonchev–Trinajstić information content (AvgIpc) is 2.21. The van der Waals surface area contributed by atoms with E-state index in [1.165, 1.54) is 0 Å². The maximum atomic E-state index is 8.90. The number of nitrogens with zero attached hydrogens (tertiary/aromatic N) is 1. The number of hydrogen-bond donors (Lipinski definition) is 1. The van der Waals surface area contributed by atoms with E-state index >= 15 is 0 Å². The van der Waals surface area contributed by atoms with Crippen LogP contribution < -0.4 is 0 Å². The molecule has 0 aliphatic rings. The van der Waals surface area contributed by atoms with Crippen molar-refractivity contribution in [1.29, 1.82) is 0 Å². The summed E-state index contributed by atoms with van der Waals surface area (Å²) in [6, 6.07) is 9.92. The summed E-state index contributed by atoms with van der Waals surface area (Å²) in [4.78, 5) is 4.27. The Bertz CT molecular complexity index is 257. The molecule has 0 amide bonds. The fourth-order valence-corrected chi connectivity index (χ4v) is 1.33. The van der Waals surface area contributed by atoms with Gasteiger partial charge in [-0.15, -0.1) is 0 Å². The summed E-state index contributed by atoms with van der Waals surface area (Å²) in [5.41, 5.74) is 1.08. The fraction of sp³-hybridized carbons (Fsp3) is 0.300. The lowest BCUT2D eigenvalue weighted by atomic mass is 10.2. The summed E-state index contributed by atoms with van der Waals surface area (Å²) >= 11 is 0. The molecule has 0 saturated carbocycles. The first kappa shape index (κ1) is 10.4. The summed E-state index contributed by atoms with van der Waals surface area (Å²) in [5.74, 6) is 0.0696. The van der Waals surface area contributed by atoms with E-state index in [1.807, 2.05) is 43.2 Å². The molecule has 2 nitrogen and oxygen atoms in total. The first-order chi connectivity index (χ1) is 6.36. The molecule has 0 radical (unpaired) electrons. The number of aliphatic imine (C=N–C) groups is 1. The zero-order valence-electron chi connectivity index (χ0n) is 7.64. The molecule has 1 aromatic rings. The third-order valence-electron chi connectivity index (χ3n) is 1.71. The molecule has 1 rings (SSSR count). The highest BCUT2D eigenvalue weighted by Crippen LogP contribution is 2.13. The largest absolute Gasteiger partial charge is 0.394 e. The molecular formula is C10H14NOP. The Morgan fingerprint density at radius 1 is 1.46 bits per heavy atom. The Morgan fingerprint density at radius 2 is 2.15 bits per heavy atom. The van der Waals surface area contributed by atoms with E-state index in [9.17, 15) is 0 Å². The van der Waals surface area contributed by atoms with E-state index < -0.39 is 0 Å². The van der Waals surface area contributed by atoms with Crippen LogP contribution in [-0.4, -0.2) is 30.4 Å². The summed E-state index contributed by atoms with van der Waals surface area (Å²) in [6.45, 7) is 2.18. The zero-order valence-corrected chi connectivity index (χ0v) is 8.64. The highest BCUT2D eigenvalue weighted by Gasteiger charge is 1.97. The maximum absolute atomic E-state index is 8.90. The highest BCUT2D eigenvalue weighted by atomic mass is 31.1. The van der Waals surface area contributed by atoms with E-state index in [0.717, 1.165) is 5.56 Å². The van der Waals surface area contributed by atoms with Crippen LogP contribution in [0.3, 0.4) is 0 Å². The lowest BCUT2D eigenvalue weighted by molar-refractivity contribution is 0.296. The molecule has 70 valence electrons. The molecule has 0 heterocycles. The first-order valence-electron chi connectivity index (χ1n) is 4.23. The van der Waals surface area contributed by atoms with Crippen molar-refractivity contribution in [1.82, 2.24) is 0 Å². The van der Waals surface area contributed by atoms with Crippen molar-refractivity contribution < 1.29 is 5.11 Å². The molecule has 2 atom stereocenters. The summed E-state index contributed by atoms with van der Waals surface area (Å²) < 4.78 is 0. The quantitative estimate of drug-likeness (QED) is 0.576. The van der Waals surface area contributed by atoms with Crippen molar-refractivity contribution in [3.05, 3.63) is 35.9 Å². The predicted octanol–water partition coefficient (Wildman–Crippen LogP) is 1.73. The number of benzene rings is 1. The normalized spacial score (nSPS) is 14.3. The smallest absolute Gasteiger partial charge is 0.0890 e. The van der Waals surface area contributed by atoms with Crippen molar-refractivity contribution >= 4 is 14.8 Å². The zero-order chi connectivity index (χ0) is 9.52. The van der Waals surface area contributed by atoms with E-state index in [-0.39, 0.29) is 12.4 Å². The first-order valence-corrected chi connectivity index (χ1v) is 5.81. The van der Waals surface area contributed by atoms with Crippen molar-refractivity contribution in [2.45, 2.75) is 5.78 Å². The van der Waals surface area contributed by atoms with Gasteiger partial charge in [-0.25, -0.2) is 0 Å². The maximum Gasteiger partial charge on any atom is 0.0890 e. The molecular weight excluding hydrogens is 181 g/mol. The highest BCUT2D eigenvalue weighted by molar-refractivity contribution is 7.37. The second-order valence-electron chi connectivity index (χ2n) is 2.68. The molecule has 0 aliphatic carbocycles. The molecule has 1 N–H and O–H groups in total. The van der Waals surface area contributed by atoms with E-state index in [0.29, 0.717) is 8.58 Å². The van der Waals surface area contributed by atoms with Crippen LogP contribution in [0.1, 0.15) is 5.56 Å². The van der Waals surface area contributed by atoms with E-state index in [1.54, 1.807) is 0 Å².